The number of aromatic nitrogens is 2. The highest BCUT2D eigenvalue weighted by Crippen LogP contribution is 2.23. The highest BCUT2D eigenvalue weighted by molar-refractivity contribution is 5.87. The van der Waals surface area contributed by atoms with Crippen LogP contribution in [-0.2, 0) is 17.9 Å². The monoisotopic (exact) mass is 385 g/mol. The fourth-order valence-corrected chi connectivity index (χ4v) is 3.52. The molecule has 0 radical (unpaired) electrons. The minimum absolute atomic E-state index is 0.150. The molecule has 0 unspecified atom stereocenters. The van der Waals surface area contributed by atoms with Gasteiger partial charge in [-0.25, -0.2) is 0 Å². The van der Waals surface area contributed by atoms with Crippen molar-refractivity contribution in [3.05, 3.63) is 47.6 Å². The minimum atomic E-state index is -0.709. The molecule has 28 heavy (non-hydrogen) atoms. The van der Waals surface area contributed by atoms with Gasteiger partial charge in [0.2, 0.25) is 5.91 Å². The van der Waals surface area contributed by atoms with Crippen LogP contribution in [-0.4, -0.2) is 51.9 Å². The first-order chi connectivity index (χ1) is 13.5. The van der Waals surface area contributed by atoms with E-state index in [2.05, 4.69) is 15.0 Å². The number of benzene rings is 1. The van der Waals surface area contributed by atoms with E-state index in [1.54, 1.807) is 4.90 Å². The largest absolute Gasteiger partial charge is 0.361 e. The van der Waals surface area contributed by atoms with Gasteiger partial charge in [-0.15, -0.1) is 0 Å². The van der Waals surface area contributed by atoms with Crippen molar-refractivity contribution in [1.29, 1.82) is 0 Å². The molecule has 1 saturated heterocycles. The zero-order valence-corrected chi connectivity index (χ0v) is 16.2. The summed E-state index contributed by atoms with van der Waals surface area (Å²) in [5.41, 5.74) is 6.27. The Bertz CT molecular complexity index is 784. The molecule has 2 N–H and O–H groups in total. The van der Waals surface area contributed by atoms with Crippen LogP contribution in [0.2, 0.25) is 0 Å². The number of rotatable bonds is 8. The predicted molar refractivity (Wildman–Crippen MR) is 103 cm³/mol. The predicted octanol–water partition coefficient (Wildman–Crippen LogP) is 1.82. The average Bonchev–Trinajstić information content (AvgIpc) is 3.17. The molecule has 8 heteroatoms. The molecule has 0 bridgehead atoms. The molecule has 0 atom stereocenters. The summed E-state index contributed by atoms with van der Waals surface area (Å²) in [7, 11) is 1.86. The molecule has 1 aromatic heterocycles. The Morgan fingerprint density at radius 2 is 1.96 bits per heavy atom. The van der Waals surface area contributed by atoms with Crippen molar-refractivity contribution in [1.82, 2.24) is 19.9 Å². The Morgan fingerprint density at radius 3 is 2.61 bits per heavy atom. The van der Waals surface area contributed by atoms with Gasteiger partial charge in [0.25, 0.3) is 0 Å². The Balaban J connectivity index is 1.36. The van der Waals surface area contributed by atoms with Gasteiger partial charge in [-0.3, -0.25) is 14.5 Å². The number of piperidine rings is 1. The number of amides is 2. The molecule has 0 spiro atoms. The topological polar surface area (TPSA) is 106 Å². The SMILES string of the molecule is CN(Cc1ccccc1)C(=O)CCC1CCN(Cc2noc(C(N)=O)n2)CC1. The van der Waals surface area contributed by atoms with Gasteiger partial charge >= 0.3 is 11.8 Å². The van der Waals surface area contributed by atoms with Crippen molar-refractivity contribution in [3.8, 4) is 0 Å². The van der Waals surface area contributed by atoms with Crippen LogP contribution in [0.5, 0.6) is 0 Å². The quantitative estimate of drug-likeness (QED) is 0.743. The van der Waals surface area contributed by atoms with Gasteiger partial charge in [0.05, 0.1) is 6.54 Å². The maximum Gasteiger partial charge on any atom is 0.315 e. The zero-order valence-electron chi connectivity index (χ0n) is 16.2. The Kier molecular flexibility index (Phi) is 6.76. The van der Waals surface area contributed by atoms with E-state index in [0.717, 1.165) is 37.9 Å². The second kappa shape index (κ2) is 9.45. The summed E-state index contributed by atoms with van der Waals surface area (Å²) in [6, 6.07) is 10.0. The minimum Gasteiger partial charge on any atom is -0.361 e. The van der Waals surface area contributed by atoms with Crippen LogP contribution in [0.3, 0.4) is 0 Å². The van der Waals surface area contributed by atoms with Crippen molar-refractivity contribution < 1.29 is 14.1 Å². The lowest BCUT2D eigenvalue weighted by Gasteiger charge is -2.31. The fourth-order valence-electron chi connectivity index (χ4n) is 3.52. The standard InChI is InChI=1S/C20H27N5O3/c1-24(13-16-5-3-2-4-6-16)18(26)8-7-15-9-11-25(12-10-15)14-17-22-20(19(21)27)28-23-17/h2-6,15H,7-14H2,1H3,(H2,21,27). The number of nitrogens with two attached hydrogens (primary N) is 1. The van der Waals surface area contributed by atoms with Crippen molar-refractivity contribution in [2.45, 2.75) is 38.8 Å². The normalized spacial score (nSPS) is 15.5. The third kappa shape index (κ3) is 5.63. The molecule has 0 saturated carbocycles. The molecule has 2 aromatic rings. The van der Waals surface area contributed by atoms with E-state index < -0.39 is 5.91 Å². The average molecular weight is 385 g/mol. The summed E-state index contributed by atoms with van der Waals surface area (Å²) in [4.78, 5) is 31.4. The van der Waals surface area contributed by atoms with Gasteiger partial charge in [-0.2, -0.15) is 4.98 Å². The van der Waals surface area contributed by atoms with Crippen LogP contribution in [0, 0.1) is 5.92 Å². The molecular formula is C20H27N5O3. The number of likely N-dealkylation sites (tertiary alicyclic amines) is 1. The Hall–Kier alpha value is -2.74. The molecular weight excluding hydrogens is 358 g/mol. The number of carbonyl (C=O) groups is 2. The van der Waals surface area contributed by atoms with E-state index in [9.17, 15) is 9.59 Å². The number of nitrogens with zero attached hydrogens (tertiary/aromatic N) is 4. The van der Waals surface area contributed by atoms with Gasteiger partial charge in [0, 0.05) is 20.0 Å². The van der Waals surface area contributed by atoms with Crippen LogP contribution < -0.4 is 5.73 Å². The van der Waals surface area contributed by atoms with Gasteiger partial charge in [0.1, 0.15) is 0 Å². The zero-order chi connectivity index (χ0) is 19.9. The number of hydrogen-bond donors (Lipinski definition) is 1. The lowest BCUT2D eigenvalue weighted by atomic mass is 9.92. The maximum atomic E-state index is 12.4. The van der Waals surface area contributed by atoms with Gasteiger partial charge < -0.3 is 15.2 Å². The lowest BCUT2D eigenvalue weighted by Crippen LogP contribution is -2.34. The molecule has 150 valence electrons. The second-order valence-electron chi connectivity index (χ2n) is 7.37. The van der Waals surface area contributed by atoms with Crippen molar-refractivity contribution in [2.75, 3.05) is 20.1 Å². The molecule has 2 amide bonds. The third-order valence-electron chi connectivity index (χ3n) is 5.21. The third-order valence-corrected chi connectivity index (χ3v) is 5.21. The molecule has 8 nitrogen and oxygen atoms in total. The first kappa shape index (κ1) is 20.0. The molecule has 1 aliphatic rings. The Morgan fingerprint density at radius 1 is 1.25 bits per heavy atom. The van der Waals surface area contributed by atoms with Crippen LogP contribution in [0.15, 0.2) is 34.9 Å². The van der Waals surface area contributed by atoms with Gasteiger partial charge in [-0.1, -0.05) is 35.5 Å². The van der Waals surface area contributed by atoms with E-state index in [4.69, 9.17) is 10.3 Å². The van der Waals surface area contributed by atoms with E-state index in [0.29, 0.717) is 31.3 Å². The van der Waals surface area contributed by atoms with Crippen molar-refractivity contribution >= 4 is 11.8 Å². The summed E-state index contributed by atoms with van der Waals surface area (Å²) < 4.78 is 4.81. The summed E-state index contributed by atoms with van der Waals surface area (Å²) in [5, 5.41) is 3.79. The summed E-state index contributed by atoms with van der Waals surface area (Å²) in [5.74, 6) is 0.362. The number of primary amides is 1. The number of carbonyl (C=O) groups excluding carboxylic acids is 2. The van der Waals surface area contributed by atoms with Crippen LogP contribution >= 0.6 is 0 Å². The first-order valence-electron chi connectivity index (χ1n) is 9.64. The molecule has 1 aliphatic heterocycles. The lowest BCUT2D eigenvalue weighted by molar-refractivity contribution is -0.130. The summed E-state index contributed by atoms with van der Waals surface area (Å²) in [6.45, 7) is 3.02. The van der Waals surface area contributed by atoms with E-state index >= 15 is 0 Å². The first-order valence-corrected chi connectivity index (χ1v) is 9.64. The summed E-state index contributed by atoms with van der Waals surface area (Å²) in [6.07, 6.45) is 3.58. The fraction of sp³-hybridized carbons (Fsp3) is 0.500. The summed E-state index contributed by atoms with van der Waals surface area (Å²) >= 11 is 0. The second-order valence-corrected chi connectivity index (χ2v) is 7.37. The van der Waals surface area contributed by atoms with Gasteiger partial charge in [-0.05, 0) is 43.8 Å². The molecule has 1 aromatic carbocycles. The van der Waals surface area contributed by atoms with Crippen molar-refractivity contribution in [3.63, 3.8) is 0 Å². The molecule has 0 aliphatic carbocycles. The van der Waals surface area contributed by atoms with E-state index in [1.807, 2.05) is 37.4 Å². The highest BCUT2D eigenvalue weighted by Gasteiger charge is 2.22. The smallest absolute Gasteiger partial charge is 0.315 e. The number of hydrogen-bond acceptors (Lipinski definition) is 6. The van der Waals surface area contributed by atoms with Crippen LogP contribution in [0.25, 0.3) is 0 Å². The maximum absolute atomic E-state index is 12.4. The highest BCUT2D eigenvalue weighted by atomic mass is 16.5. The van der Waals surface area contributed by atoms with Crippen molar-refractivity contribution in [2.24, 2.45) is 11.7 Å². The molecule has 2 heterocycles. The van der Waals surface area contributed by atoms with E-state index in [1.165, 1.54) is 0 Å². The van der Waals surface area contributed by atoms with Crippen LogP contribution in [0.1, 0.15) is 47.8 Å². The van der Waals surface area contributed by atoms with E-state index in [-0.39, 0.29) is 11.8 Å². The van der Waals surface area contributed by atoms with Gasteiger partial charge in [0.15, 0.2) is 5.82 Å². The van der Waals surface area contributed by atoms with Crippen LogP contribution in [0.4, 0.5) is 0 Å². The molecule has 3 rings (SSSR count). The Labute approximate surface area is 164 Å². The molecule has 1 fully saturated rings.